The van der Waals surface area contributed by atoms with Crippen molar-refractivity contribution in [1.82, 2.24) is 10.3 Å². The fourth-order valence-electron chi connectivity index (χ4n) is 1.76. The Balaban J connectivity index is 2.15. The molecule has 5 heteroatoms. The largest absolute Gasteiger partial charge is 0.444 e. The summed E-state index contributed by atoms with van der Waals surface area (Å²) in [7, 11) is 0. The van der Waals surface area contributed by atoms with E-state index in [-0.39, 0.29) is 11.9 Å². The van der Waals surface area contributed by atoms with Crippen LogP contribution in [0.15, 0.2) is 33.3 Å². The summed E-state index contributed by atoms with van der Waals surface area (Å²) < 4.78 is 6.32. The topological polar surface area (TPSA) is 55.1 Å². The predicted octanol–water partition coefficient (Wildman–Crippen LogP) is 3.54. The maximum absolute atomic E-state index is 12.2. The molecule has 0 aliphatic heterocycles. The summed E-state index contributed by atoms with van der Waals surface area (Å²) in [5, 5.41) is 2.88. The number of hydrogen-bond acceptors (Lipinski definition) is 3. The number of oxazole rings is 1. The quantitative estimate of drug-likeness (QED) is 0.940. The van der Waals surface area contributed by atoms with E-state index in [1.54, 1.807) is 12.3 Å². The van der Waals surface area contributed by atoms with Gasteiger partial charge >= 0.3 is 0 Å². The van der Waals surface area contributed by atoms with Crippen molar-refractivity contribution in [2.75, 3.05) is 0 Å². The SMILES string of the molecule is Cc1cnc(C(C)NC(=O)c2cccc(Br)c2C)o1. The molecule has 100 valence electrons. The van der Waals surface area contributed by atoms with Crippen molar-refractivity contribution in [2.24, 2.45) is 0 Å². The van der Waals surface area contributed by atoms with E-state index in [1.807, 2.05) is 32.9 Å². The average Bonchev–Trinajstić information content (AvgIpc) is 2.79. The van der Waals surface area contributed by atoms with E-state index in [0.29, 0.717) is 11.5 Å². The van der Waals surface area contributed by atoms with E-state index in [2.05, 4.69) is 26.2 Å². The Labute approximate surface area is 120 Å². The summed E-state index contributed by atoms with van der Waals surface area (Å²) in [6.45, 7) is 5.57. The number of rotatable bonds is 3. The molecule has 1 atom stereocenters. The number of nitrogens with zero attached hydrogens (tertiary/aromatic N) is 1. The van der Waals surface area contributed by atoms with Crippen LogP contribution in [0.3, 0.4) is 0 Å². The van der Waals surface area contributed by atoms with Gasteiger partial charge in [-0.1, -0.05) is 22.0 Å². The molecule has 1 N–H and O–H groups in total. The highest BCUT2D eigenvalue weighted by atomic mass is 79.9. The van der Waals surface area contributed by atoms with Crippen molar-refractivity contribution in [3.05, 3.63) is 51.6 Å². The van der Waals surface area contributed by atoms with Gasteiger partial charge in [0.25, 0.3) is 5.91 Å². The van der Waals surface area contributed by atoms with Gasteiger partial charge in [0.05, 0.1) is 6.20 Å². The summed E-state index contributed by atoms with van der Waals surface area (Å²) in [6.07, 6.45) is 1.64. The number of carbonyl (C=O) groups is 1. The Bertz CT molecular complexity index is 607. The third kappa shape index (κ3) is 3.04. The molecule has 0 saturated heterocycles. The van der Waals surface area contributed by atoms with Gasteiger partial charge in [0.2, 0.25) is 5.89 Å². The molecule has 0 spiro atoms. The highest BCUT2D eigenvalue weighted by molar-refractivity contribution is 9.10. The zero-order chi connectivity index (χ0) is 14.0. The van der Waals surface area contributed by atoms with E-state index >= 15 is 0 Å². The minimum absolute atomic E-state index is 0.137. The van der Waals surface area contributed by atoms with Crippen LogP contribution in [0.1, 0.15) is 40.5 Å². The normalized spacial score (nSPS) is 12.2. The minimum atomic E-state index is -0.264. The number of amides is 1. The Morgan fingerprint density at radius 2 is 2.16 bits per heavy atom. The van der Waals surface area contributed by atoms with Crippen molar-refractivity contribution in [3.8, 4) is 0 Å². The van der Waals surface area contributed by atoms with E-state index in [4.69, 9.17) is 4.42 Å². The number of halogens is 1. The van der Waals surface area contributed by atoms with Crippen molar-refractivity contribution in [1.29, 1.82) is 0 Å². The first-order valence-corrected chi connectivity index (χ1v) is 6.76. The molecule has 19 heavy (non-hydrogen) atoms. The summed E-state index contributed by atoms with van der Waals surface area (Å²) in [6, 6.07) is 5.28. The molecular weight excluding hydrogens is 308 g/mol. The lowest BCUT2D eigenvalue weighted by atomic mass is 10.1. The van der Waals surface area contributed by atoms with Crippen LogP contribution in [0.5, 0.6) is 0 Å². The number of nitrogens with one attached hydrogen (secondary N) is 1. The Kier molecular flexibility index (Phi) is 4.04. The zero-order valence-electron chi connectivity index (χ0n) is 11.0. The maximum Gasteiger partial charge on any atom is 0.252 e. The third-order valence-corrected chi connectivity index (χ3v) is 3.73. The van der Waals surface area contributed by atoms with E-state index < -0.39 is 0 Å². The first-order valence-electron chi connectivity index (χ1n) is 5.97. The summed E-state index contributed by atoms with van der Waals surface area (Å²) >= 11 is 3.42. The van der Waals surface area contributed by atoms with Crippen LogP contribution in [-0.4, -0.2) is 10.9 Å². The van der Waals surface area contributed by atoms with Gasteiger partial charge in [-0.2, -0.15) is 0 Å². The molecule has 1 heterocycles. The Morgan fingerprint density at radius 1 is 1.42 bits per heavy atom. The molecule has 2 aromatic rings. The number of aromatic nitrogens is 1. The van der Waals surface area contributed by atoms with Gasteiger partial charge in [-0.25, -0.2) is 4.98 Å². The second kappa shape index (κ2) is 5.57. The van der Waals surface area contributed by atoms with Crippen LogP contribution in [-0.2, 0) is 0 Å². The standard InChI is InChI=1S/C14H15BrN2O2/c1-8-7-16-14(19-8)10(3)17-13(18)11-5-4-6-12(15)9(11)2/h4-7,10H,1-3H3,(H,17,18). The Hall–Kier alpha value is -1.62. The lowest BCUT2D eigenvalue weighted by Crippen LogP contribution is -2.27. The van der Waals surface area contributed by atoms with Gasteiger partial charge in [-0.3, -0.25) is 4.79 Å². The molecule has 0 radical (unpaired) electrons. The van der Waals surface area contributed by atoms with Crippen LogP contribution in [0.2, 0.25) is 0 Å². The Morgan fingerprint density at radius 3 is 2.79 bits per heavy atom. The fourth-order valence-corrected chi connectivity index (χ4v) is 2.13. The van der Waals surface area contributed by atoms with Crippen LogP contribution in [0.4, 0.5) is 0 Å². The fraction of sp³-hybridized carbons (Fsp3) is 0.286. The molecule has 2 rings (SSSR count). The van der Waals surface area contributed by atoms with Crippen molar-refractivity contribution < 1.29 is 9.21 Å². The highest BCUT2D eigenvalue weighted by Gasteiger charge is 2.17. The lowest BCUT2D eigenvalue weighted by molar-refractivity contribution is 0.0933. The van der Waals surface area contributed by atoms with Gasteiger partial charge < -0.3 is 9.73 Å². The van der Waals surface area contributed by atoms with Gasteiger partial charge in [-0.05, 0) is 38.5 Å². The number of benzene rings is 1. The van der Waals surface area contributed by atoms with Crippen LogP contribution >= 0.6 is 15.9 Å². The summed E-state index contributed by atoms with van der Waals surface area (Å²) in [4.78, 5) is 16.3. The maximum atomic E-state index is 12.2. The monoisotopic (exact) mass is 322 g/mol. The molecule has 4 nitrogen and oxygen atoms in total. The first-order chi connectivity index (χ1) is 8.99. The minimum Gasteiger partial charge on any atom is -0.444 e. The molecule has 0 aliphatic rings. The molecule has 1 aromatic carbocycles. The van der Waals surface area contributed by atoms with Gasteiger partial charge in [0.1, 0.15) is 11.8 Å². The number of hydrogen-bond donors (Lipinski definition) is 1. The first kappa shape index (κ1) is 13.8. The van der Waals surface area contributed by atoms with Gasteiger partial charge in [-0.15, -0.1) is 0 Å². The third-order valence-electron chi connectivity index (χ3n) is 2.87. The molecule has 1 amide bonds. The summed E-state index contributed by atoms with van der Waals surface area (Å²) in [5.74, 6) is 1.11. The van der Waals surface area contributed by atoms with E-state index in [0.717, 1.165) is 15.8 Å². The summed E-state index contributed by atoms with van der Waals surface area (Å²) in [5.41, 5.74) is 1.56. The molecule has 1 unspecified atom stereocenters. The molecule has 1 aromatic heterocycles. The van der Waals surface area contributed by atoms with Crippen molar-refractivity contribution in [3.63, 3.8) is 0 Å². The number of aryl methyl sites for hydroxylation is 1. The lowest BCUT2D eigenvalue weighted by Gasteiger charge is -2.12. The highest BCUT2D eigenvalue weighted by Crippen LogP contribution is 2.20. The molecule has 0 aliphatic carbocycles. The second-order valence-corrected chi connectivity index (χ2v) is 5.27. The predicted molar refractivity (Wildman–Crippen MR) is 76.0 cm³/mol. The van der Waals surface area contributed by atoms with Gasteiger partial charge in [0, 0.05) is 10.0 Å². The smallest absolute Gasteiger partial charge is 0.252 e. The van der Waals surface area contributed by atoms with Crippen LogP contribution < -0.4 is 5.32 Å². The average molecular weight is 323 g/mol. The molecule has 0 bridgehead atoms. The number of carbonyl (C=O) groups excluding carboxylic acids is 1. The van der Waals surface area contributed by atoms with Crippen LogP contribution in [0.25, 0.3) is 0 Å². The zero-order valence-corrected chi connectivity index (χ0v) is 12.6. The second-order valence-electron chi connectivity index (χ2n) is 4.42. The van der Waals surface area contributed by atoms with E-state index in [9.17, 15) is 4.79 Å². The van der Waals surface area contributed by atoms with Crippen molar-refractivity contribution in [2.45, 2.75) is 26.8 Å². The van der Waals surface area contributed by atoms with Crippen molar-refractivity contribution >= 4 is 21.8 Å². The molecular formula is C14H15BrN2O2. The van der Waals surface area contributed by atoms with E-state index in [1.165, 1.54) is 0 Å². The molecule has 0 fully saturated rings. The van der Waals surface area contributed by atoms with Crippen LogP contribution in [0, 0.1) is 13.8 Å². The molecule has 0 saturated carbocycles. The van der Waals surface area contributed by atoms with Gasteiger partial charge in [0.15, 0.2) is 0 Å².